The van der Waals surface area contributed by atoms with Crippen LogP contribution in [0.4, 0.5) is 0 Å². The lowest BCUT2D eigenvalue weighted by Gasteiger charge is -2.13. The van der Waals surface area contributed by atoms with Gasteiger partial charge in [0, 0.05) is 13.2 Å². The lowest BCUT2D eigenvalue weighted by molar-refractivity contribution is 0.124. The van der Waals surface area contributed by atoms with Gasteiger partial charge in [-0.15, -0.1) is 0 Å². The van der Waals surface area contributed by atoms with E-state index in [1.807, 2.05) is 0 Å². The van der Waals surface area contributed by atoms with Gasteiger partial charge in [-0.25, -0.2) is 0 Å². The highest BCUT2D eigenvalue weighted by Crippen LogP contribution is 2.14. The minimum absolute atomic E-state index is 0.979. The Morgan fingerprint density at radius 2 is 0.893 bits per heavy atom. The lowest BCUT2D eigenvalue weighted by atomic mass is 10.0. The number of unbranched alkanes of at least 4 members (excludes halogenated alkanes) is 16. The quantitative estimate of drug-likeness (QED) is 0.171. The summed E-state index contributed by atoms with van der Waals surface area (Å²) in [5, 5.41) is 0. The van der Waals surface area contributed by atoms with Crippen molar-refractivity contribution in [1.29, 1.82) is 0 Å². The molecule has 168 valence electrons. The van der Waals surface area contributed by atoms with E-state index in [-0.39, 0.29) is 0 Å². The summed E-state index contributed by atoms with van der Waals surface area (Å²) < 4.78 is 5.80. The third kappa shape index (κ3) is 18.0. The maximum Gasteiger partial charge on any atom is 0.0466 e. The maximum absolute atomic E-state index is 5.80. The van der Waals surface area contributed by atoms with Crippen LogP contribution in [0.25, 0.3) is 0 Å². The van der Waals surface area contributed by atoms with Crippen LogP contribution in [0, 0.1) is 0 Å². The second-order valence-electron chi connectivity index (χ2n) is 9.17. The van der Waals surface area contributed by atoms with Gasteiger partial charge in [-0.1, -0.05) is 103 Å². The summed E-state index contributed by atoms with van der Waals surface area (Å²) in [6, 6.07) is 0. The van der Waals surface area contributed by atoms with E-state index >= 15 is 0 Å². The monoisotopic (exact) mass is 395 g/mol. The van der Waals surface area contributed by atoms with Crippen molar-refractivity contribution in [2.45, 2.75) is 135 Å². The van der Waals surface area contributed by atoms with Crippen molar-refractivity contribution in [2.75, 3.05) is 32.8 Å². The fourth-order valence-corrected chi connectivity index (χ4v) is 4.40. The van der Waals surface area contributed by atoms with Crippen LogP contribution in [0.1, 0.15) is 135 Å². The van der Waals surface area contributed by atoms with Crippen LogP contribution in [-0.4, -0.2) is 37.7 Å². The van der Waals surface area contributed by atoms with Gasteiger partial charge in [-0.2, -0.15) is 0 Å². The van der Waals surface area contributed by atoms with E-state index in [0.717, 1.165) is 13.2 Å². The van der Waals surface area contributed by atoms with E-state index in [9.17, 15) is 0 Å². The van der Waals surface area contributed by atoms with Crippen molar-refractivity contribution in [3.63, 3.8) is 0 Å². The number of hydrogen-bond acceptors (Lipinski definition) is 2. The van der Waals surface area contributed by atoms with E-state index in [1.54, 1.807) is 0 Å². The predicted octanol–water partition coefficient (Wildman–Crippen LogP) is 8.14. The van der Waals surface area contributed by atoms with Gasteiger partial charge in [-0.05, 0) is 51.7 Å². The molecule has 2 heteroatoms. The molecule has 0 saturated carbocycles. The summed E-state index contributed by atoms with van der Waals surface area (Å²) in [5.74, 6) is 0. The minimum atomic E-state index is 0.979. The Bertz CT molecular complexity index is 288. The third-order valence-corrected chi connectivity index (χ3v) is 6.35. The first-order chi connectivity index (χ1) is 13.9. The average Bonchev–Trinajstić information content (AvgIpc) is 3.22. The van der Waals surface area contributed by atoms with Gasteiger partial charge in [0.2, 0.25) is 0 Å². The van der Waals surface area contributed by atoms with Gasteiger partial charge in [0.25, 0.3) is 0 Å². The maximum atomic E-state index is 5.80. The van der Waals surface area contributed by atoms with Crippen LogP contribution >= 0.6 is 0 Å². The van der Waals surface area contributed by atoms with Gasteiger partial charge in [0.1, 0.15) is 0 Å². The number of ether oxygens (including phenoxy) is 1. The Balaban J connectivity index is 1.61. The van der Waals surface area contributed by atoms with Crippen LogP contribution in [0.5, 0.6) is 0 Å². The molecule has 1 aliphatic heterocycles. The zero-order chi connectivity index (χ0) is 20.0. The zero-order valence-electron chi connectivity index (χ0n) is 19.5. The topological polar surface area (TPSA) is 12.5 Å². The molecule has 0 aromatic heterocycles. The second-order valence-corrected chi connectivity index (χ2v) is 9.17. The van der Waals surface area contributed by atoms with Crippen LogP contribution in [0.2, 0.25) is 0 Å². The van der Waals surface area contributed by atoms with E-state index in [1.165, 1.54) is 148 Å². The first-order valence-corrected chi connectivity index (χ1v) is 13.2. The largest absolute Gasteiger partial charge is 0.381 e. The van der Waals surface area contributed by atoms with Crippen molar-refractivity contribution >= 4 is 0 Å². The Morgan fingerprint density at radius 3 is 1.36 bits per heavy atom. The van der Waals surface area contributed by atoms with Crippen LogP contribution in [0.15, 0.2) is 0 Å². The third-order valence-electron chi connectivity index (χ3n) is 6.35. The highest BCUT2D eigenvalue weighted by atomic mass is 16.5. The smallest absolute Gasteiger partial charge is 0.0466 e. The van der Waals surface area contributed by atoms with Gasteiger partial charge in [-0.3, -0.25) is 0 Å². The number of likely N-dealkylation sites (tertiary alicyclic amines) is 1. The second kappa shape index (κ2) is 21.6. The van der Waals surface area contributed by atoms with E-state index in [2.05, 4.69) is 11.8 Å². The molecule has 1 heterocycles. The zero-order valence-corrected chi connectivity index (χ0v) is 19.5. The standard InChI is InChI=1S/C26H53NO/c1-2-3-4-5-6-7-8-9-10-11-12-13-14-15-16-20-25-28-26-21-19-24-27-22-17-18-23-27/h2-26H2,1H3. The Labute approximate surface area is 178 Å². The van der Waals surface area contributed by atoms with Crippen molar-refractivity contribution in [3.8, 4) is 0 Å². The molecule has 0 aliphatic carbocycles. The van der Waals surface area contributed by atoms with E-state index < -0.39 is 0 Å². The van der Waals surface area contributed by atoms with Crippen molar-refractivity contribution in [1.82, 2.24) is 4.90 Å². The number of nitrogens with zero attached hydrogens (tertiary/aromatic N) is 1. The molecular formula is C26H53NO. The normalized spacial score (nSPS) is 14.9. The highest BCUT2D eigenvalue weighted by Gasteiger charge is 2.09. The first kappa shape index (κ1) is 26.0. The number of hydrogen-bond donors (Lipinski definition) is 0. The molecule has 1 aliphatic rings. The summed E-state index contributed by atoms with van der Waals surface area (Å²) >= 11 is 0. The van der Waals surface area contributed by atoms with Crippen molar-refractivity contribution < 1.29 is 4.74 Å². The average molecular weight is 396 g/mol. The minimum Gasteiger partial charge on any atom is -0.381 e. The molecule has 0 N–H and O–H groups in total. The van der Waals surface area contributed by atoms with Crippen molar-refractivity contribution in [3.05, 3.63) is 0 Å². The van der Waals surface area contributed by atoms with Gasteiger partial charge in [0.05, 0.1) is 0 Å². The number of rotatable bonds is 22. The van der Waals surface area contributed by atoms with E-state index in [4.69, 9.17) is 4.74 Å². The molecule has 0 atom stereocenters. The molecule has 1 rings (SSSR count). The fourth-order valence-electron chi connectivity index (χ4n) is 4.40. The molecule has 0 spiro atoms. The van der Waals surface area contributed by atoms with Crippen molar-refractivity contribution in [2.24, 2.45) is 0 Å². The molecule has 2 nitrogen and oxygen atoms in total. The Hall–Kier alpha value is -0.0800. The Morgan fingerprint density at radius 1 is 0.500 bits per heavy atom. The van der Waals surface area contributed by atoms with Gasteiger partial charge in [0.15, 0.2) is 0 Å². The van der Waals surface area contributed by atoms with Gasteiger partial charge < -0.3 is 9.64 Å². The fraction of sp³-hybridized carbons (Fsp3) is 1.00. The van der Waals surface area contributed by atoms with Crippen LogP contribution < -0.4 is 0 Å². The van der Waals surface area contributed by atoms with Gasteiger partial charge >= 0.3 is 0 Å². The summed E-state index contributed by atoms with van der Waals surface area (Å²) in [4.78, 5) is 2.61. The molecule has 0 aromatic carbocycles. The first-order valence-electron chi connectivity index (χ1n) is 13.2. The summed E-state index contributed by atoms with van der Waals surface area (Å²) in [6.07, 6.45) is 28.4. The molecule has 28 heavy (non-hydrogen) atoms. The Kier molecular flexibility index (Phi) is 20.0. The molecule has 0 bridgehead atoms. The predicted molar refractivity (Wildman–Crippen MR) is 125 cm³/mol. The SMILES string of the molecule is CCCCCCCCCCCCCCCCCCOCCCCN1CCCC1. The van der Waals surface area contributed by atoms with Crippen LogP contribution in [0.3, 0.4) is 0 Å². The molecule has 1 fully saturated rings. The summed E-state index contributed by atoms with van der Waals surface area (Å²) in [5.41, 5.74) is 0. The molecule has 0 radical (unpaired) electrons. The summed E-state index contributed by atoms with van der Waals surface area (Å²) in [7, 11) is 0. The molecule has 0 aromatic rings. The van der Waals surface area contributed by atoms with Crippen LogP contribution in [-0.2, 0) is 4.74 Å². The molecule has 0 unspecified atom stereocenters. The summed E-state index contributed by atoms with van der Waals surface area (Å²) in [6.45, 7) is 8.23. The molecule has 0 amide bonds. The molecular weight excluding hydrogens is 342 g/mol. The highest BCUT2D eigenvalue weighted by molar-refractivity contribution is 4.65. The molecule has 1 saturated heterocycles. The van der Waals surface area contributed by atoms with E-state index in [0.29, 0.717) is 0 Å². The lowest BCUT2D eigenvalue weighted by Crippen LogP contribution is -2.20.